The van der Waals surface area contributed by atoms with Crippen LogP contribution in [0.4, 0.5) is 0 Å². The van der Waals surface area contributed by atoms with Crippen LogP contribution in [0.1, 0.15) is 33.6 Å². The fourth-order valence-corrected chi connectivity index (χ4v) is 1.29. The Bertz CT molecular complexity index is 255. The van der Waals surface area contributed by atoms with Gasteiger partial charge in [0.25, 0.3) is 0 Å². The maximum absolute atomic E-state index is 11.4. The lowest BCUT2D eigenvalue weighted by Gasteiger charge is -2.24. The fourth-order valence-electron chi connectivity index (χ4n) is 1.29. The zero-order valence-electron chi connectivity index (χ0n) is 10.5. The lowest BCUT2D eigenvalue weighted by atomic mass is 9.88. The zero-order valence-corrected chi connectivity index (χ0v) is 10.5. The van der Waals surface area contributed by atoms with E-state index >= 15 is 0 Å². The number of aliphatic hydroxyl groups is 1. The Morgan fingerprint density at radius 3 is 2.62 bits per heavy atom. The molecule has 0 aromatic rings. The van der Waals surface area contributed by atoms with Crippen molar-refractivity contribution in [3.63, 3.8) is 0 Å². The van der Waals surface area contributed by atoms with Crippen LogP contribution in [0.3, 0.4) is 0 Å². The van der Waals surface area contributed by atoms with Crippen molar-refractivity contribution in [1.82, 2.24) is 5.32 Å². The fraction of sp³-hybridized carbons (Fsp3) is 0.615. The summed E-state index contributed by atoms with van der Waals surface area (Å²) in [5.41, 5.74) is 0.0345. The van der Waals surface area contributed by atoms with Gasteiger partial charge in [0.2, 0.25) is 5.91 Å². The first kappa shape index (κ1) is 14.9. The molecule has 0 spiro atoms. The third-order valence-corrected chi connectivity index (χ3v) is 2.30. The molecule has 0 fully saturated rings. The van der Waals surface area contributed by atoms with Gasteiger partial charge in [-0.3, -0.25) is 4.79 Å². The van der Waals surface area contributed by atoms with Gasteiger partial charge in [-0.2, -0.15) is 0 Å². The molecule has 16 heavy (non-hydrogen) atoms. The summed E-state index contributed by atoms with van der Waals surface area (Å²) in [5, 5.41) is 11.6. The van der Waals surface area contributed by atoms with Gasteiger partial charge in [-0.25, -0.2) is 0 Å². The van der Waals surface area contributed by atoms with Gasteiger partial charge in [-0.15, -0.1) is 0 Å². The Kier molecular flexibility index (Phi) is 7.56. The third-order valence-electron chi connectivity index (χ3n) is 2.30. The number of nitrogens with one attached hydrogen (secondary N) is 1. The van der Waals surface area contributed by atoms with Crippen LogP contribution in [0.25, 0.3) is 0 Å². The van der Waals surface area contributed by atoms with Crippen LogP contribution in [-0.2, 0) is 4.79 Å². The van der Waals surface area contributed by atoms with Crippen molar-refractivity contribution < 1.29 is 9.90 Å². The summed E-state index contributed by atoms with van der Waals surface area (Å²) < 4.78 is 0. The molecule has 0 aromatic carbocycles. The Morgan fingerprint density at radius 1 is 1.38 bits per heavy atom. The van der Waals surface area contributed by atoms with Gasteiger partial charge in [0.15, 0.2) is 0 Å². The number of carbonyl (C=O) groups excluding carboxylic acids is 1. The Hall–Kier alpha value is -1.09. The smallest absolute Gasteiger partial charge is 0.243 e. The topological polar surface area (TPSA) is 49.3 Å². The second-order valence-electron chi connectivity index (χ2n) is 4.59. The van der Waals surface area contributed by atoms with E-state index in [2.05, 4.69) is 19.2 Å². The molecule has 0 heterocycles. The average Bonchev–Trinajstić information content (AvgIpc) is 2.24. The molecule has 0 atom stereocenters. The number of carbonyl (C=O) groups is 1. The summed E-state index contributed by atoms with van der Waals surface area (Å²) in [6.07, 6.45) is 8.60. The number of allylic oxidation sites excluding steroid dienone is 3. The van der Waals surface area contributed by atoms with Crippen molar-refractivity contribution in [1.29, 1.82) is 0 Å². The van der Waals surface area contributed by atoms with Crippen LogP contribution in [0.15, 0.2) is 24.3 Å². The van der Waals surface area contributed by atoms with Crippen LogP contribution < -0.4 is 5.32 Å². The van der Waals surface area contributed by atoms with Crippen LogP contribution in [0.2, 0.25) is 0 Å². The molecule has 0 aliphatic carbocycles. The summed E-state index contributed by atoms with van der Waals surface area (Å²) in [5.74, 6) is -0.0739. The molecule has 0 aliphatic rings. The van der Waals surface area contributed by atoms with E-state index in [9.17, 15) is 4.79 Å². The van der Waals surface area contributed by atoms with Gasteiger partial charge in [0.1, 0.15) is 0 Å². The normalized spacial score (nSPS) is 12.5. The van der Waals surface area contributed by atoms with Crippen molar-refractivity contribution >= 4 is 5.91 Å². The highest BCUT2D eigenvalue weighted by molar-refractivity contribution is 5.87. The molecular formula is C13H23NO2. The molecule has 3 nitrogen and oxygen atoms in total. The van der Waals surface area contributed by atoms with E-state index in [-0.39, 0.29) is 17.9 Å². The summed E-state index contributed by atoms with van der Waals surface area (Å²) in [6.45, 7) is 6.90. The zero-order chi connectivity index (χ0) is 12.4. The van der Waals surface area contributed by atoms with Crippen molar-refractivity contribution in [2.75, 3.05) is 13.2 Å². The molecule has 2 N–H and O–H groups in total. The largest absolute Gasteiger partial charge is 0.396 e. The van der Waals surface area contributed by atoms with E-state index < -0.39 is 0 Å². The molecule has 0 aliphatic heterocycles. The molecule has 0 saturated heterocycles. The quantitative estimate of drug-likeness (QED) is 0.514. The third kappa shape index (κ3) is 8.24. The van der Waals surface area contributed by atoms with Gasteiger partial charge < -0.3 is 10.4 Å². The second-order valence-corrected chi connectivity index (χ2v) is 4.59. The standard InChI is InChI=1S/C13H23NO2/c1-4-5-6-8-12(16)14-11-13(2,3)9-7-10-15/h4-6,8,15H,7,9-11H2,1-3H3,(H,14,16). The molecule has 3 heteroatoms. The number of amides is 1. The van der Waals surface area contributed by atoms with Gasteiger partial charge in [-0.1, -0.05) is 32.1 Å². The number of hydrogen-bond donors (Lipinski definition) is 2. The van der Waals surface area contributed by atoms with Crippen molar-refractivity contribution in [3.8, 4) is 0 Å². The molecule has 0 saturated carbocycles. The first-order valence-corrected chi connectivity index (χ1v) is 5.70. The van der Waals surface area contributed by atoms with E-state index in [1.807, 2.05) is 19.1 Å². The van der Waals surface area contributed by atoms with Crippen LogP contribution in [0, 0.1) is 5.41 Å². The molecule has 0 unspecified atom stereocenters. The van der Waals surface area contributed by atoms with E-state index in [0.717, 1.165) is 12.8 Å². The van der Waals surface area contributed by atoms with E-state index in [0.29, 0.717) is 6.54 Å². The maximum Gasteiger partial charge on any atom is 0.243 e. The predicted molar refractivity (Wildman–Crippen MR) is 67.1 cm³/mol. The van der Waals surface area contributed by atoms with Crippen LogP contribution in [0.5, 0.6) is 0 Å². The molecular weight excluding hydrogens is 202 g/mol. The second kappa shape index (κ2) is 8.11. The Balaban J connectivity index is 3.89. The summed E-state index contributed by atoms with van der Waals surface area (Å²) in [4.78, 5) is 11.4. The highest BCUT2D eigenvalue weighted by Gasteiger charge is 2.17. The van der Waals surface area contributed by atoms with E-state index in [4.69, 9.17) is 5.11 Å². The number of rotatable bonds is 7. The minimum atomic E-state index is -0.0739. The van der Waals surface area contributed by atoms with Crippen LogP contribution >= 0.6 is 0 Å². The van der Waals surface area contributed by atoms with Gasteiger partial charge in [0, 0.05) is 19.2 Å². The minimum Gasteiger partial charge on any atom is -0.396 e. The van der Waals surface area contributed by atoms with Gasteiger partial charge >= 0.3 is 0 Å². The number of aliphatic hydroxyl groups excluding tert-OH is 1. The van der Waals surface area contributed by atoms with Crippen molar-refractivity contribution in [3.05, 3.63) is 24.3 Å². The molecule has 1 amide bonds. The molecule has 0 aromatic heterocycles. The predicted octanol–water partition coefficient (Wildman–Crippen LogP) is 2.03. The van der Waals surface area contributed by atoms with Gasteiger partial charge in [0.05, 0.1) is 0 Å². The van der Waals surface area contributed by atoms with E-state index in [1.165, 1.54) is 6.08 Å². The first-order chi connectivity index (χ1) is 7.52. The summed E-state index contributed by atoms with van der Waals surface area (Å²) in [7, 11) is 0. The van der Waals surface area contributed by atoms with Crippen molar-refractivity contribution in [2.24, 2.45) is 5.41 Å². The summed E-state index contributed by atoms with van der Waals surface area (Å²) >= 11 is 0. The Morgan fingerprint density at radius 2 is 2.06 bits per heavy atom. The number of hydrogen-bond acceptors (Lipinski definition) is 2. The van der Waals surface area contributed by atoms with Crippen LogP contribution in [-0.4, -0.2) is 24.2 Å². The Labute approximate surface area is 98.2 Å². The molecule has 0 bridgehead atoms. The van der Waals surface area contributed by atoms with E-state index in [1.54, 1.807) is 6.08 Å². The van der Waals surface area contributed by atoms with Crippen molar-refractivity contribution in [2.45, 2.75) is 33.6 Å². The lowest BCUT2D eigenvalue weighted by Crippen LogP contribution is -2.33. The summed E-state index contributed by atoms with van der Waals surface area (Å²) in [6, 6.07) is 0. The SMILES string of the molecule is CC=CC=CC(=O)NCC(C)(C)CCCO. The minimum absolute atomic E-state index is 0.0345. The highest BCUT2D eigenvalue weighted by Crippen LogP contribution is 2.20. The monoisotopic (exact) mass is 225 g/mol. The molecule has 0 radical (unpaired) electrons. The molecule has 0 rings (SSSR count). The molecule has 92 valence electrons. The average molecular weight is 225 g/mol. The lowest BCUT2D eigenvalue weighted by molar-refractivity contribution is -0.116. The highest BCUT2D eigenvalue weighted by atomic mass is 16.2. The first-order valence-electron chi connectivity index (χ1n) is 5.70. The van der Waals surface area contributed by atoms with Gasteiger partial charge in [-0.05, 0) is 25.2 Å². The maximum atomic E-state index is 11.4.